The van der Waals surface area contributed by atoms with Crippen molar-refractivity contribution in [3.8, 4) is 22.4 Å². The highest BCUT2D eigenvalue weighted by atomic mass is 15.0. The second-order valence-corrected chi connectivity index (χ2v) is 9.99. The molecule has 35 heavy (non-hydrogen) atoms. The number of imidazole rings is 1. The number of aryl methyl sites for hydroxylation is 6. The molecule has 0 amide bonds. The summed E-state index contributed by atoms with van der Waals surface area (Å²) in [6, 6.07) is 26.7. The topological polar surface area (TPSA) is 17.3 Å². The van der Waals surface area contributed by atoms with Gasteiger partial charge in [-0.15, -0.1) is 0 Å². The van der Waals surface area contributed by atoms with Crippen molar-refractivity contribution in [1.29, 1.82) is 0 Å². The molecule has 172 valence electrons. The number of hydrogen-bond donors (Lipinski definition) is 0. The second kappa shape index (κ2) is 7.81. The van der Waals surface area contributed by atoms with Crippen molar-refractivity contribution in [2.24, 2.45) is 0 Å². The fraction of sp³-hybridized carbons (Fsp3) is 0.182. The first-order chi connectivity index (χ1) is 16.9. The van der Waals surface area contributed by atoms with E-state index in [-0.39, 0.29) is 0 Å². The SMILES string of the molecule is Cc1ccc2c3c(-c4c(C)cccc4C)cccc3c3nc(C)c(-c4c(C)cccc4C)n3c2c1. The molecule has 6 aromatic rings. The number of nitrogens with zero attached hydrogens (tertiary/aromatic N) is 2. The summed E-state index contributed by atoms with van der Waals surface area (Å²) in [6.45, 7) is 13.2. The Morgan fingerprint density at radius 1 is 0.600 bits per heavy atom. The van der Waals surface area contributed by atoms with E-state index in [1.54, 1.807) is 0 Å². The third-order valence-corrected chi connectivity index (χ3v) is 7.49. The molecular formula is C33H30N2. The summed E-state index contributed by atoms with van der Waals surface area (Å²) in [6.07, 6.45) is 0. The quantitative estimate of drug-likeness (QED) is 0.239. The summed E-state index contributed by atoms with van der Waals surface area (Å²) in [5.41, 5.74) is 14.8. The van der Waals surface area contributed by atoms with E-state index in [0.29, 0.717) is 0 Å². The third kappa shape index (κ3) is 3.13. The Kier molecular flexibility index (Phi) is 4.82. The summed E-state index contributed by atoms with van der Waals surface area (Å²) >= 11 is 0. The van der Waals surface area contributed by atoms with Gasteiger partial charge in [0, 0.05) is 21.7 Å². The maximum absolute atomic E-state index is 5.22. The van der Waals surface area contributed by atoms with E-state index in [1.165, 1.54) is 71.9 Å². The van der Waals surface area contributed by atoms with Crippen LogP contribution in [0, 0.1) is 41.5 Å². The van der Waals surface area contributed by atoms with Crippen molar-refractivity contribution < 1.29 is 0 Å². The van der Waals surface area contributed by atoms with Crippen LogP contribution in [0.25, 0.3) is 49.7 Å². The Morgan fingerprint density at radius 3 is 1.86 bits per heavy atom. The Morgan fingerprint density at radius 2 is 1.20 bits per heavy atom. The molecule has 2 heteroatoms. The van der Waals surface area contributed by atoms with Crippen LogP contribution in [-0.2, 0) is 0 Å². The lowest BCUT2D eigenvalue weighted by Gasteiger charge is -2.18. The minimum atomic E-state index is 1.03. The van der Waals surface area contributed by atoms with Crippen molar-refractivity contribution >= 4 is 27.3 Å². The van der Waals surface area contributed by atoms with Crippen molar-refractivity contribution in [3.05, 3.63) is 106 Å². The highest BCUT2D eigenvalue weighted by Gasteiger charge is 2.21. The van der Waals surface area contributed by atoms with Crippen LogP contribution in [0.2, 0.25) is 0 Å². The van der Waals surface area contributed by atoms with Gasteiger partial charge in [0.1, 0.15) is 5.65 Å². The van der Waals surface area contributed by atoms with Crippen LogP contribution >= 0.6 is 0 Å². The van der Waals surface area contributed by atoms with Gasteiger partial charge in [-0.25, -0.2) is 4.98 Å². The fourth-order valence-electron chi connectivity index (χ4n) is 5.94. The van der Waals surface area contributed by atoms with Crippen molar-refractivity contribution in [1.82, 2.24) is 9.38 Å². The standard InChI is InChI=1S/C33H30N2/c1-19-16-17-25-28(18-19)35-32(30-22(4)12-8-13-23(30)5)24(6)34-33(35)27-15-9-14-26(31(25)27)29-20(2)10-7-11-21(29)3/h7-18H,1-6H3. The van der Waals surface area contributed by atoms with Crippen LogP contribution in [-0.4, -0.2) is 9.38 Å². The van der Waals surface area contributed by atoms with Gasteiger partial charge < -0.3 is 0 Å². The zero-order chi connectivity index (χ0) is 24.4. The van der Waals surface area contributed by atoms with E-state index < -0.39 is 0 Å². The number of hydrogen-bond acceptors (Lipinski definition) is 1. The minimum absolute atomic E-state index is 1.03. The Labute approximate surface area is 206 Å². The summed E-state index contributed by atoms with van der Waals surface area (Å²) in [5.74, 6) is 0. The van der Waals surface area contributed by atoms with Crippen LogP contribution in [0.15, 0.2) is 72.8 Å². The van der Waals surface area contributed by atoms with Gasteiger partial charge in [-0.2, -0.15) is 0 Å². The van der Waals surface area contributed by atoms with Gasteiger partial charge in [-0.05, 0) is 86.6 Å². The number of pyridine rings is 1. The lowest BCUT2D eigenvalue weighted by atomic mass is 9.90. The van der Waals surface area contributed by atoms with Crippen LogP contribution in [0.1, 0.15) is 33.5 Å². The zero-order valence-corrected chi connectivity index (χ0v) is 21.3. The monoisotopic (exact) mass is 454 g/mol. The molecule has 0 aliphatic heterocycles. The van der Waals surface area contributed by atoms with Gasteiger partial charge in [-0.1, -0.05) is 66.7 Å². The summed E-state index contributed by atoms with van der Waals surface area (Å²) < 4.78 is 2.41. The molecule has 0 unspecified atom stereocenters. The normalized spacial score (nSPS) is 11.7. The maximum Gasteiger partial charge on any atom is 0.145 e. The number of aromatic nitrogens is 2. The lowest BCUT2D eigenvalue weighted by molar-refractivity contribution is 1.23. The van der Waals surface area contributed by atoms with Gasteiger partial charge in [0.25, 0.3) is 0 Å². The second-order valence-electron chi connectivity index (χ2n) is 9.99. The molecule has 4 aromatic carbocycles. The predicted octanol–water partition coefficient (Wildman–Crippen LogP) is 8.83. The van der Waals surface area contributed by atoms with Crippen molar-refractivity contribution in [2.75, 3.05) is 0 Å². The smallest absolute Gasteiger partial charge is 0.145 e. The van der Waals surface area contributed by atoms with Gasteiger partial charge in [0.2, 0.25) is 0 Å². The molecule has 0 saturated heterocycles. The molecule has 2 aromatic heterocycles. The Hall–Kier alpha value is -3.91. The average Bonchev–Trinajstić information content (AvgIpc) is 3.16. The number of rotatable bonds is 2. The molecule has 0 N–H and O–H groups in total. The molecule has 0 spiro atoms. The van der Waals surface area contributed by atoms with Crippen LogP contribution in [0.3, 0.4) is 0 Å². The highest BCUT2D eigenvalue weighted by Crippen LogP contribution is 2.42. The Balaban J connectivity index is 1.88. The average molecular weight is 455 g/mol. The largest absolute Gasteiger partial charge is 0.291 e. The summed E-state index contributed by atoms with van der Waals surface area (Å²) in [5, 5.41) is 3.74. The molecule has 2 nitrogen and oxygen atoms in total. The van der Waals surface area contributed by atoms with Crippen LogP contribution in [0.5, 0.6) is 0 Å². The van der Waals surface area contributed by atoms with Gasteiger partial charge in [-0.3, -0.25) is 4.40 Å². The molecule has 0 aliphatic carbocycles. The van der Waals surface area contributed by atoms with E-state index in [2.05, 4.69) is 119 Å². The van der Waals surface area contributed by atoms with E-state index in [1.807, 2.05) is 0 Å². The van der Waals surface area contributed by atoms with Crippen LogP contribution < -0.4 is 0 Å². The zero-order valence-electron chi connectivity index (χ0n) is 21.3. The number of fused-ring (bicyclic) bond motifs is 6. The number of benzene rings is 4. The molecule has 0 radical (unpaired) electrons. The Bertz CT molecular complexity index is 1760. The first-order valence-corrected chi connectivity index (χ1v) is 12.3. The highest BCUT2D eigenvalue weighted by molar-refractivity contribution is 6.18. The lowest BCUT2D eigenvalue weighted by Crippen LogP contribution is -1.99. The van der Waals surface area contributed by atoms with E-state index in [0.717, 1.165) is 11.3 Å². The van der Waals surface area contributed by atoms with Crippen molar-refractivity contribution in [2.45, 2.75) is 41.5 Å². The van der Waals surface area contributed by atoms with E-state index in [4.69, 9.17) is 4.98 Å². The molecule has 0 fully saturated rings. The third-order valence-electron chi connectivity index (χ3n) is 7.49. The summed E-state index contributed by atoms with van der Waals surface area (Å²) in [7, 11) is 0. The minimum Gasteiger partial charge on any atom is -0.291 e. The molecule has 0 bridgehead atoms. The molecule has 0 atom stereocenters. The van der Waals surface area contributed by atoms with E-state index in [9.17, 15) is 0 Å². The van der Waals surface area contributed by atoms with E-state index >= 15 is 0 Å². The predicted molar refractivity (Wildman–Crippen MR) is 149 cm³/mol. The van der Waals surface area contributed by atoms with Gasteiger partial charge in [0.05, 0.1) is 16.9 Å². The van der Waals surface area contributed by atoms with Crippen LogP contribution in [0.4, 0.5) is 0 Å². The van der Waals surface area contributed by atoms with Crippen molar-refractivity contribution in [3.63, 3.8) is 0 Å². The first-order valence-electron chi connectivity index (χ1n) is 12.3. The first kappa shape index (κ1) is 21.6. The fourth-order valence-corrected chi connectivity index (χ4v) is 5.94. The maximum atomic E-state index is 5.22. The summed E-state index contributed by atoms with van der Waals surface area (Å²) in [4.78, 5) is 5.22. The van der Waals surface area contributed by atoms with Gasteiger partial charge in [0.15, 0.2) is 0 Å². The molecular weight excluding hydrogens is 424 g/mol. The molecule has 2 heterocycles. The molecule has 6 rings (SSSR count). The van der Waals surface area contributed by atoms with Gasteiger partial charge >= 0.3 is 0 Å². The molecule has 0 saturated carbocycles. The molecule has 0 aliphatic rings.